The highest BCUT2D eigenvalue weighted by molar-refractivity contribution is 5.70. The molecule has 0 aromatic heterocycles. The van der Waals surface area contributed by atoms with Crippen LogP contribution in [0, 0.1) is 0 Å². The van der Waals surface area contributed by atoms with Crippen molar-refractivity contribution in [3.8, 4) is 0 Å². The second kappa shape index (κ2) is 5.09. The predicted octanol–water partition coefficient (Wildman–Crippen LogP) is 1.02. The lowest BCUT2D eigenvalue weighted by Crippen LogP contribution is -2.38. The van der Waals surface area contributed by atoms with Crippen molar-refractivity contribution in [1.29, 1.82) is 0 Å². The molecule has 0 amide bonds. The molecule has 1 fully saturated rings. The minimum atomic E-state index is -0.297. The van der Waals surface area contributed by atoms with Gasteiger partial charge in [-0.25, -0.2) is 0 Å². The van der Waals surface area contributed by atoms with Crippen LogP contribution in [-0.2, 0) is 14.3 Å². The van der Waals surface area contributed by atoms with Gasteiger partial charge in [0.2, 0.25) is 0 Å². The number of hydrogen-bond acceptors (Lipinski definition) is 4. The third kappa shape index (κ3) is 2.81. The van der Waals surface area contributed by atoms with E-state index in [-0.39, 0.29) is 24.5 Å². The third-order valence-corrected chi connectivity index (χ3v) is 2.52. The maximum Gasteiger partial charge on any atom is 0.308 e. The van der Waals surface area contributed by atoms with Crippen molar-refractivity contribution in [3.05, 3.63) is 35.9 Å². The highest BCUT2D eigenvalue weighted by atomic mass is 16.6. The fourth-order valence-electron chi connectivity index (χ4n) is 1.51. The molecule has 0 spiro atoms. The summed E-state index contributed by atoms with van der Waals surface area (Å²) in [6.45, 7) is 1.01. The first-order valence-corrected chi connectivity index (χ1v) is 5.33. The Bertz CT molecular complexity index is 349. The Hall–Kier alpha value is -1.39. The molecule has 86 valence electrons. The molecule has 0 aliphatic carbocycles. The first-order valence-electron chi connectivity index (χ1n) is 5.33. The summed E-state index contributed by atoms with van der Waals surface area (Å²) in [7, 11) is 0. The van der Waals surface area contributed by atoms with Gasteiger partial charge in [-0.2, -0.15) is 0 Å². The van der Waals surface area contributed by atoms with Crippen LogP contribution in [0.1, 0.15) is 18.0 Å². The number of carbonyl (C=O) groups is 1. The van der Waals surface area contributed by atoms with E-state index in [1.807, 2.05) is 30.3 Å². The number of esters is 1. The van der Waals surface area contributed by atoms with Crippen LogP contribution in [0.5, 0.6) is 0 Å². The van der Waals surface area contributed by atoms with Gasteiger partial charge in [-0.3, -0.25) is 4.79 Å². The topological polar surface area (TPSA) is 61.6 Å². The maximum absolute atomic E-state index is 11.5. The van der Waals surface area contributed by atoms with Gasteiger partial charge in [-0.15, -0.1) is 0 Å². The summed E-state index contributed by atoms with van der Waals surface area (Å²) in [6.07, 6.45) is 0.135. The lowest BCUT2D eigenvalue weighted by atomic mass is 10.1. The molecule has 1 aliphatic heterocycles. The molecule has 0 saturated carbocycles. The van der Waals surface area contributed by atoms with E-state index in [9.17, 15) is 4.79 Å². The molecule has 1 atom stereocenters. The second-order valence-electron chi connectivity index (χ2n) is 3.87. The third-order valence-electron chi connectivity index (χ3n) is 2.52. The lowest BCUT2D eigenvalue weighted by Gasteiger charge is -2.26. The molecule has 1 aliphatic rings. The summed E-state index contributed by atoms with van der Waals surface area (Å²) in [5, 5.41) is 0. The van der Waals surface area contributed by atoms with E-state index in [0.717, 1.165) is 5.56 Å². The Labute approximate surface area is 94.3 Å². The molecule has 1 aromatic rings. The van der Waals surface area contributed by atoms with Crippen LogP contribution in [0.3, 0.4) is 0 Å². The van der Waals surface area contributed by atoms with Crippen molar-refractivity contribution in [2.24, 2.45) is 5.73 Å². The largest absolute Gasteiger partial charge is 0.457 e. The first kappa shape index (κ1) is 11.1. The Kier molecular flexibility index (Phi) is 3.54. The molecular weight excluding hydrogens is 206 g/mol. The van der Waals surface area contributed by atoms with Gasteiger partial charge >= 0.3 is 5.97 Å². The lowest BCUT2D eigenvalue weighted by molar-refractivity contribution is -0.172. The average molecular weight is 221 g/mol. The van der Waals surface area contributed by atoms with E-state index >= 15 is 0 Å². The standard InChI is InChI=1S/C12H15NO3/c13-11(9-4-2-1-3-5-9)6-12(14)16-10-7-15-8-10/h1-5,10-11H,6-8,13H2. The van der Waals surface area contributed by atoms with Crippen LogP contribution in [0.4, 0.5) is 0 Å². The summed E-state index contributed by atoms with van der Waals surface area (Å²) in [6, 6.07) is 9.24. The summed E-state index contributed by atoms with van der Waals surface area (Å²) in [5.41, 5.74) is 6.85. The van der Waals surface area contributed by atoms with Crippen molar-refractivity contribution < 1.29 is 14.3 Å². The fraction of sp³-hybridized carbons (Fsp3) is 0.417. The molecule has 16 heavy (non-hydrogen) atoms. The highest BCUT2D eigenvalue weighted by Gasteiger charge is 2.23. The van der Waals surface area contributed by atoms with Gasteiger partial charge < -0.3 is 15.2 Å². The molecule has 1 aromatic carbocycles. The van der Waals surface area contributed by atoms with Gasteiger partial charge in [0.25, 0.3) is 0 Å². The number of benzene rings is 1. The summed E-state index contributed by atoms with van der Waals surface area (Å²) in [5.74, 6) is -0.260. The SMILES string of the molecule is NC(CC(=O)OC1COC1)c1ccccc1. The maximum atomic E-state index is 11.5. The second-order valence-corrected chi connectivity index (χ2v) is 3.87. The molecule has 1 saturated heterocycles. The molecule has 4 nitrogen and oxygen atoms in total. The van der Waals surface area contributed by atoms with E-state index in [0.29, 0.717) is 13.2 Å². The number of nitrogens with two attached hydrogens (primary N) is 1. The monoisotopic (exact) mass is 221 g/mol. The average Bonchev–Trinajstić information content (AvgIpc) is 2.25. The molecule has 2 N–H and O–H groups in total. The fourth-order valence-corrected chi connectivity index (χ4v) is 1.51. The van der Waals surface area contributed by atoms with Gasteiger partial charge in [-0.1, -0.05) is 30.3 Å². The number of carbonyl (C=O) groups excluding carboxylic acids is 1. The van der Waals surface area contributed by atoms with Crippen molar-refractivity contribution in [2.45, 2.75) is 18.6 Å². The Morgan fingerprint density at radius 2 is 2.12 bits per heavy atom. The molecule has 1 heterocycles. The Morgan fingerprint density at radius 1 is 1.44 bits per heavy atom. The van der Waals surface area contributed by atoms with Crippen LogP contribution >= 0.6 is 0 Å². The smallest absolute Gasteiger partial charge is 0.308 e. The number of ether oxygens (including phenoxy) is 2. The van der Waals surface area contributed by atoms with Crippen molar-refractivity contribution in [1.82, 2.24) is 0 Å². The number of rotatable bonds is 4. The minimum Gasteiger partial charge on any atom is -0.457 e. The number of hydrogen-bond donors (Lipinski definition) is 1. The molecule has 4 heteroatoms. The normalized spacial score (nSPS) is 17.6. The Balaban J connectivity index is 1.82. The van der Waals surface area contributed by atoms with Crippen LogP contribution in [0.25, 0.3) is 0 Å². The van der Waals surface area contributed by atoms with E-state index in [4.69, 9.17) is 15.2 Å². The van der Waals surface area contributed by atoms with Crippen LogP contribution < -0.4 is 5.73 Å². The van der Waals surface area contributed by atoms with Gasteiger partial charge in [-0.05, 0) is 5.56 Å². The van der Waals surface area contributed by atoms with E-state index in [1.54, 1.807) is 0 Å². The molecule has 0 bridgehead atoms. The molecule has 2 rings (SSSR count). The molecule has 0 radical (unpaired) electrons. The van der Waals surface area contributed by atoms with Crippen molar-refractivity contribution in [2.75, 3.05) is 13.2 Å². The molecule has 1 unspecified atom stereocenters. The van der Waals surface area contributed by atoms with Crippen LogP contribution in [-0.4, -0.2) is 25.3 Å². The highest BCUT2D eigenvalue weighted by Crippen LogP contribution is 2.15. The summed E-state index contributed by atoms with van der Waals surface area (Å²) < 4.78 is 10.1. The van der Waals surface area contributed by atoms with E-state index < -0.39 is 0 Å². The first-order chi connectivity index (χ1) is 7.75. The molecular formula is C12H15NO3. The Morgan fingerprint density at radius 3 is 2.69 bits per heavy atom. The quantitative estimate of drug-likeness (QED) is 0.771. The zero-order chi connectivity index (χ0) is 11.4. The predicted molar refractivity (Wildman–Crippen MR) is 58.7 cm³/mol. The van der Waals surface area contributed by atoms with Gasteiger partial charge in [0, 0.05) is 6.04 Å². The van der Waals surface area contributed by atoms with Crippen molar-refractivity contribution in [3.63, 3.8) is 0 Å². The van der Waals surface area contributed by atoms with Gasteiger partial charge in [0.05, 0.1) is 19.6 Å². The summed E-state index contributed by atoms with van der Waals surface area (Å²) in [4.78, 5) is 11.5. The van der Waals surface area contributed by atoms with Crippen LogP contribution in [0.2, 0.25) is 0 Å². The van der Waals surface area contributed by atoms with Gasteiger partial charge in [0.1, 0.15) is 6.10 Å². The zero-order valence-electron chi connectivity index (χ0n) is 8.96. The summed E-state index contributed by atoms with van der Waals surface area (Å²) >= 11 is 0. The van der Waals surface area contributed by atoms with Crippen molar-refractivity contribution >= 4 is 5.97 Å². The van der Waals surface area contributed by atoms with E-state index in [1.165, 1.54) is 0 Å². The zero-order valence-corrected chi connectivity index (χ0v) is 8.96. The van der Waals surface area contributed by atoms with Gasteiger partial charge in [0.15, 0.2) is 0 Å². The van der Waals surface area contributed by atoms with E-state index in [2.05, 4.69) is 0 Å². The van der Waals surface area contributed by atoms with Crippen LogP contribution in [0.15, 0.2) is 30.3 Å². The minimum absolute atomic E-state index is 0.0736.